The van der Waals surface area contributed by atoms with E-state index < -0.39 is 41.1 Å². The Morgan fingerprint density at radius 3 is 2.50 bits per heavy atom. The third kappa shape index (κ3) is 3.20. The molecule has 1 rings (SSSR count). The molecule has 0 N–H and O–H groups in total. The molecule has 1 heterocycles. The number of halogens is 5. The number of carbonyl (C=O) groups excluding carboxylic acids is 1. The Morgan fingerprint density at radius 2 is 2.10 bits per heavy atom. The van der Waals surface area contributed by atoms with Gasteiger partial charge in [0.05, 0.1) is 18.2 Å². The molecular weight excluding hydrogens is 287 g/mol. The summed E-state index contributed by atoms with van der Waals surface area (Å²) in [6, 6.07) is 1.44. The van der Waals surface area contributed by atoms with E-state index >= 15 is 0 Å². The topological polar surface area (TPSA) is 63.0 Å². The van der Waals surface area contributed by atoms with E-state index in [0.29, 0.717) is 6.07 Å². The first-order chi connectivity index (χ1) is 9.22. The second-order valence-electron chi connectivity index (χ2n) is 3.45. The minimum absolute atomic E-state index is 0.265. The molecule has 0 unspecified atom stereocenters. The molecule has 0 bridgehead atoms. The zero-order valence-corrected chi connectivity index (χ0v) is 9.96. The average Bonchev–Trinajstić information content (AvgIpc) is 2.36. The molecule has 1 aromatic heterocycles. The summed E-state index contributed by atoms with van der Waals surface area (Å²) in [6.07, 6.45) is -8.32. The van der Waals surface area contributed by atoms with Gasteiger partial charge in [-0.25, -0.2) is 18.6 Å². The van der Waals surface area contributed by atoms with Gasteiger partial charge in [0.2, 0.25) is 0 Å². The third-order valence-electron chi connectivity index (χ3n) is 2.14. The van der Waals surface area contributed by atoms with Crippen molar-refractivity contribution in [3.63, 3.8) is 0 Å². The van der Waals surface area contributed by atoms with Crippen LogP contribution in [-0.2, 0) is 10.9 Å². The van der Waals surface area contributed by atoms with Crippen LogP contribution in [-0.4, -0.2) is 17.6 Å². The summed E-state index contributed by atoms with van der Waals surface area (Å²) in [5.41, 5.74) is -5.22. The molecule has 0 amide bonds. The van der Waals surface area contributed by atoms with Gasteiger partial charge in [-0.3, -0.25) is 0 Å². The first-order valence-electron chi connectivity index (χ1n) is 5.19. The Kier molecular flexibility index (Phi) is 4.60. The lowest BCUT2D eigenvalue weighted by atomic mass is 10.0. The van der Waals surface area contributed by atoms with Crippen molar-refractivity contribution in [1.29, 1.82) is 5.26 Å². The number of carbonyl (C=O) groups is 1. The average molecular weight is 294 g/mol. The van der Waals surface area contributed by atoms with Crippen molar-refractivity contribution in [2.75, 3.05) is 6.61 Å². The normalized spacial score (nSPS) is 11.3. The first-order valence-corrected chi connectivity index (χ1v) is 5.19. The predicted molar refractivity (Wildman–Crippen MR) is 54.9 cm³/mol. The first kappa shape index (κ1) is 15.8. The van der Waals surface area contributed by atoms with Crippen molar-refractivity contribution in [3.05, 3.63) is 28.6 Å². The van der Waals surface area contributed by atoms with E-state index in [4.69, 9.17) is 5.26 Å². The highest BCUT2D eigenvalue weighted by molar-refractivity contribution is 5.90. The lowest BCUT2D eigenvalue weighted by Crippen LogP contribution is -2.20. The fourth-order valence-electron chi connectivity index (χ4n) is 1.40. The molecule has 0 atom stereocenters. The van der Waals surface area contributed by atoms with Crippen LogP contribution in [0.25, 0.3) is 0 Å². The molecule has 0 saturated heterocycles. The maximum absolute atomic E-state index is 12.8. The van der Waals surface area contributed by atoms with Gasteiger partial charge in [0.15, 0.2) is 5.69 Å². The molecule has 0 spiro atoms. The molecule has 0 saturated carbocycles. The minimum atomic E-state index is -5.10. The Hall–Kier alpha value is -2.24. The Balaban J connectivity index is 3.63. The number of rotatable bonds is 3. The number of esters is 1. The smallest absolute Gasteiger partial charge is 0.420 e. The van der Waals surface area contributed by atoms with Crippen molar-refractivity contribution in [1.82, 2.24) is 4.98 Å². The van der Waals surface area contributed by atoms with Gasteiger partial charge in [0, 0.05) is 0 Å². The highest BCUT2D eigenvalue weighted by Crippen LogP contribution is 2.35. The number of alkyl halides is 5. The van der Waals surface area contributed by atoms with E-state index in [1.54, 1.807) is 0 Å². The van der Waals surface area contributed by atoms with E-state index in [1.807, 2.05) is 0 Å². The van der Waals surface area contributed by atoms with E-state index in [1.165, 1.54) is 6.92 Å². The number of aromatic nitrogens is 1. The maximum atomic E-state index is 12.8. The Labute approximate surface area is 109 Å². The zero-order valence-electron chi connectivity index (χ0n) is 9.96. The SMILES string of the molecule is CCOC(=O)c1nc(C(F)F)cc(C#N)c1C(F)(F)F. The predicted octanol–water partition coefficient (Wildman–Crippen LogP) is 3.09. The largest absolute Gasteiger partial charge is 0.461 e. The summed E-state index contributed by atoms with van der Waals surface area (Å²) in [5.74, 6) is -1.51. The van der Waals surface area contributed by atoms with E-state index in [-0.39, 0.29) is 6.61 Å². The van der Waals surface area contributed by atoms with Crippen LogP contribution in [0.4, 0.5) is 22.0 Å². The van der Waals surface area contributed by atoms with Crippen LogP contribution in [0.2, 0.25) is 0 Å². The quantitative estimate of drug-likeness (QED) is 0.635. The van der Waals surface area contributed by atoms with Crippen LogP contribution in [0.5, 0.6) is 0 Å². The third-order valence-corrected chi connectivity index (χ3v) is 2.14. The van der Waals surface area contributed by atoms with Gasteiger partial charge in [-0.2, -0.15) is 18.4 Å². The summed E-state index contributed by atoms with van der Waals surface area (Å²) in [7, 11) is 0. The number of hydrogen-bond donors (Lipinski definition) is 0. The summed E-state index contributed by atoms with van der Waals surface area (Å²) in [6.45, 7) is 1.06. The zero-order chi connectivity index (χ0) is 15.5. The number of nitriles is 1. The minimum Gasteiger partial charge on any atom is -0.461 e. The number of pyridine rings is 1. The van der Waals surface area contributed by atoms with Crippen molar-refractivity contribution in [3.8, 4) is 6.07 Å². The van der Waals surface area contributed by atoms with Gasteiger partial charge in [-0.1, -0.05) is 0 Å². The molecule has 0 aliphatic carbocycles. The summed E-state index contributed by atoms with van der Waals surface area (Å²) >= 11 is 0. The van der Waals surface area contributed by atoms with Gasteiger partial charge in [-0.05, 0) is 13.0 Å². The summed E-state index contributed by atoms with van der Waals surface area (Å²) in [5, 5.41) is 8.65. The van der Waals surface area contributed by atoms with Gasteiger partial charge in [0.25, 0.3) is 6.43 Å². The highest BCUT2D eigenvalue weighted by Gasteiger charge is 2.40. The number of hydrogen-bond acceptors (Lipinski definition) is 4. The van der Waals surface area contributed by atoms with Crippen LogP contribution in [0.3, 0.4) is 0 Å². The van der Waals surface area contributed by atoms with Crippen LogP contribution in [0.15, 0.2) is 6.07 Å². The molecular formula is C11H7F5N2O2. The molecule has 1 aromatic rings. The van der Waals surface area contributed by atoms with Gasteiger partial charge in [0.1, 0.15) is 11.3 Å². The van der Waals surface area contributed by atoms with Crippen LogP contribution >= 0.6 is 0 Å². The number of nitrogens with zero attached hydrogens (tertiary/aromatic N) is 2. The van der Waals surface area contributed by atoms with E-state index in [0.717, 1.165) is 6.07 Å². The molecule has 4 nitrogen and oxygen atoms in total. The lowest BCUT2D eigenvalue weighted by Gasteiger charge is -2.14. The monoisotopic (exact) mass is 294 g/mol. The van der Waals surface area contributed by atoms with Crippen molar-refractivity contribution in [2.45, 2.75) is 19.5 Å². The van der Waals surface area contributed by atoms with Gasteiger partial charge >= 0.3 is 12.1 Å². The van der Waals surface area contributed by atoms with Gasteiger partial charge < -0.3 is 4.74 Å². The second-order valence-corrected chi connectivity index (χ2v) is 3.45. The lowest BCUT2D eigenvalue weighted by molar-refractivity contribution is -0.138. The second kappa shape index (κ2) is 5.81. The van der Waals surface area contributed by atoms with Crippen molar-refractivity contribution in [2.24, 2.45) is 0 Å². The molecule has 0 aliphatic rings. The fourth-order valence-corrected chi connectivity index (χ4v) is 1.40. The summed E-state index contributed by atoms with van der Waals surface area (Å²) < 4.78 is 67.9. The molecule has 108 valence electrons. The van der Waals surface area contributed by atoms with Crippen LogP contribution in [0, 0.1) is 11.3 Å². The molecule has 9 heteroatoms. The van der Waals surface area contributed by atoms with Gasteiger partial charge in [-0.15, -0.1) is 0 Å². The van der Waals surface area contributed by atoms with Crippen LogP contribution < -0.4 is 0 Å². The summed E-state index contributed by atoms with van der Waals surface area (Å²) in [4.78, 5) is 14.4. The highest BCUT2D eigenvalue weighted by atomic mass is 19.4. The standard InChI is InChI=1S/C11H7F5N2O2/c1-2-20-10(19)8-7(11(14,15)16)5(4-17)3-6(18-8)9(12)13/h3,9H,2H2,1H3. The van der Waals surface area contributed by atoms with Crippen LogP contribution in [0.1, 0.15) is 40.7 Å². The fraction of sp³-hybridized carbons (Fsp3) is 0.364. The Bertz CT molecular complexity index is 563. The van der Waals surface area contributed by atoms with Crippen molar-refractivity contribution >= 4 is 5.97 Å². The van der Waals surface area contributed by atoms with E-state index in [2.05, 4.69) is 9.72 Å². The molecule has 0 aliphatic heterocycles. The van der Waals surface area contributed by atoms with E-state index in [9.17, 15) is 26.7 Å². The number of ether oxygens (including phenoxy) is 1. The molecule has 20 heavy (non-hydrogen) atoms. The molecule has 0 radical (unpaired) electrons. The molecule has 0 aromatic carbocycles. The molecule has 0 fully saturated rings. The van der Waals surface area contributed by atoms with Crippen molar-refractivity contribution < 1.29 is 31.5 Å². The Morgan fingerprint density at radius 1 is 1.50 bits per heavy atom. The maximum Gasteiger partial charge on any atom is 0.420 e.